The zero-order valence-electron chi connectivity index (χ0n) is 11.7. The molecule has 0 aliphatic carbocycles. The smallest absolute Gasteiger partial charge is 0.259 e. The van der Waals surface area contributed by atoms with Gasteiger partial charge in [-0.05, 0) is 25.0 Å². The minimum Gasteiger partial charge on any atom is -0.331 e. The second-order valence-electron chi connectivity index (χ2n) is 4.71. The largest absolute Gasteiger partial charge is 0.331 e. The Bertz CT molecular complexity index is 771. The Labute approximate surface area is 136 Å². The van der Waals surface area contributed by atoms with Gasteiger partial charge in [0.05, 0.1) is 17.4 Å². The monoisotopic (exact) mass is 335 g/mol. The molecule has 0 atom stereocenters. The van der Waals surface area contributed by atoms with Crippen molar-refractivity contribution in [2.24, 2.45) is 0 Å². The van der Waals surface area contributed by atoms with Crippen LogP contribution in [0.2, 0.25) is 0 Å². The summed E-state index contributed by atoms with van der Waals surface area (Å²) < 4.78 is 2.05. The van der Waals surface area contributed by atoms with Gasteiger partial charge < -0.3 is 4.57 Å². The number of hydrogen-bond donors (Lipinski definition) is 1. The predicted octanol–water partition coefficient (Wildman–Crippen LogP) is 3.16. The molecule has 3 aromatic rings. The lowest BCUT2D eigenvalue weighted by Crippen LogP contribution is -2.12. The van der Waals surface area contributed by atoms with Crippen molar-refractivity contribution in [3.05, 3.63) is 35.6 Å². The maximum absolute atomic E-state index is 12.4. The van der Waals surface area contributed by atoms with Crippen LogP contribution in [0, 0.1) is 0 Å². The Morgan fingerprint density at radius 1 is 1.36 bits per heavy atom. The summed E-state index contributed by atoms with van der Waals surface area (Å²) in [5, 5.41) is 10.7. The number of aryl methyl sites for hydroxylation is 1. The maximum Gasteiger partial charge on any atom is 0.259 e. The van der Waals surface area contributed by atoms with Gasteiger partial charge in [0.2, 0.25) is 5.13 Å². The van der Waals surface area contributed by atoms with Crippen LogP contribution in [0.3, 0.4) is 0 Å². The number of nitrogens with one attached hydrogen (secondary N) is 1. The number of benzene rings is 1. The molecule has 0 saturated heterocycles. The molecule has 0 bridgehead atoms. The van der Waals surface area contributed by atoms with Gasteiger partial charge in [-0.1, -0.05) is 17.4 Å². The van der Waals surface area contributed by atoms with Crippen molar-refractivity contribution < 1.29 is 4.79 Å². The molecule has 3 rings (SSSR count). The van der Waals surface area contributed by atoms with E-state index in [2.05, 4.69) is 20.5 Å². The molecule has 0 saturated carbocycles. The first-order chi connectivity index (χ1) is 10.8. The fourth-order valence-corrected chi connectivity index (χ4v) is 2.85. The van der Waals surface area contributed by atoms with Crippen LogP contribution in [0.5, 0.6) is 0 Å². The molecule has 1 amide bonds. The summed E-state index contributed by atoms with van der Waals surface area (Å²) in [4.78, 5) is 16.7. The number of unbranched alkanes of at least 4 members (excludes halogenated alkanes) is 1. The molecule has 0 aliphatic heterocycles. The van der Waals surface area contributed by atoms with Crippen molar-refractivity contribution in [3.8, 4) is 0 Å². The van der Waals surface area contributed by atoms with Crippen LogP contribution in [-0.4, -0.2) is 31.5 Å². The molecule has 0 aliphatic rings. The molecular formula is C14H14ClN5OS. The number of halogens is 1. The molecule has 0 fully saturated rings. The second-order valence-corrected chi connectivity index (χ2v) is 5.92. The summed E-state index contributed by atoms with van der Waals surface area (Å²) >= 11 is 6.98. The number of fused-ring (bicyclic) bond motifs is 1. The number of anilines is 1. The lowest BCUT2D eigenvalue weighted by atomic mass is 10.1. The normalized spacial score (nSPS) is 11.0. The number of aromatic nitrogens is 4. The Balaban J connectivity index is 1.85. The van der Waals surface area contributed by atoms with Crippen LogP contribution in [0.15, 0.2) is 30.0 Å². The third-order valence-electron chi connectivity index (χ3n) is 3.26. The Morgan fingerprint density at radius 3 is 3.05 bits per heavy atom. The molecule has 6 nitrogen and oxygen atoms in total. The molecule has 1 N–H and O–H groups in total. The fourth-order valence-electron chi connectivity index (χ4n) is 2.22. The van der Waals surface area contributed by atoms with Crippen LogP contribution < -0.4 is 5.32 Å². The van der Waals surface area contributed by atoms with Gasteiger partial charge in [-0.25, -0.2) is 4.98 Å². The van der Waals surface area contributed by atoms with E-state index in [0.717, 1.165) is 24.9 Å². The number of carbonyl (C=O) groups excluding carboxylic acids is 1. The molecule has 8 heteroatoms. The third-order valence-corrected chi connectivity index (χ3v) is 4.13. The van der Waals surface area contributed by atoms with E-state index in [1.165, 1.54) is 11.3 Å². The summed E-state index contributed by atoms with van der Waals surface area (Å²) in [6.07, 6.45) is 3.70. The molecule has 0 spiro atoms. The average molecular weight is 336 g/mol. The maximum atomic E-state index is 12.4. The topological polar surface area (TPSA) is 72.7 Å². The summed E-state index contributed by atoms with van der Waals surface area (Å²) in [5.41, 5.74) is 3.74. The number of para-hydroxylation sites is 1. The first-order valence-corrected chi connectivity index (χ1v) is 8.28. The van der Waals surface area contributed by atoms with Gasteiger partial charge >= 0.3 is 0 Å². The van der Waals surface area contributed by atoms with Crippen molar-refractivity contribution in [3.63, 3.8) is 0 Å². The first kappa shape index (κ1) is 14.9. The molecule has 0 unspecified atom stereocenters. The highest BCUT2D eigenvalue weighted by atomic mass is 35.5. The van der Waals surface area contributed by atoms with Crippen LogP contribution in [-0.2, 0) is 6.54 Å². The summed E-state index contributed by atoms with van der Waals surface area (Å²) in [7, 11) is 0. The van der Waals surface area contributed by atoms with Crippen molar-refractivity contribution in [1.82, 2.24) is 19.7 Å². The molecule has 22 heavy (non-hydrogen) atoms. The first-order valence-electron chi connectivity index (χ1n) is 6.87. The molecule has 2 heterocycles. The van der Waals surface area contributed by atoms with Crippen molar-refractivity contribution in [2.75, 3.05) is 11.2 Å². The highest BCUT2D eigenvalue weighted by Gasteiger charge is 2.14. The van der Waals surface area contributed by atoms with E-state index in [1.807, 2.05) is 16.7 Å². The van der Waals surface area contributed by atoms with E-state index in [9.17, 15) is 4.79 Å². The summed E-state index contributed by atoms with van der Waals surface area (Å²) in [6, 6.07) is 5.58. The molecular weight excluding hydrogens is 322 g/mol. The van der Waals surface area contributed by atoms with Gasteiger partial charge in [-0.3, -0.25) is 10.1 Å². The van der Waals surface area contributed by atoms with Gasteiger partial charge in [-0.15, -0.1) is 21.8 Å². The second kappa shape index (κ2) is 6.85. The minimum absolute atomic E-state index is 0.228. The van der Waals surface area contributed by atoms with E-state index in [0.29, 0.717) is 22.1 Å². The SMILES string of the molecule is O=C(Nc1nncs1)c1cccc2c1ncn2CCCCCl. The zero-order valence-corrected chi connectivity index (χ0v) is 13.3. The Kier molecular flexibility index (Phi) is 4.65. The van der Waals surface area contributed by atoms with Crippen molar-refractivity contribution >= 4 is 45.0 Å². The Hall–Kier alpha value is -1.99. The van der Waals surface area contributed by atoms with E-state index in [1.54, 1.807) is 17.9 Å². The van der Waals surface area contributed by atoms with Crippen LogP contribution >= 0.6 is 22.9 Å². The fraction of sp³-hybridized carbons (Fsp3) is 0.286. The lowest BCUT2D eigenvalue weighted by molar-refractivity contribution is 0.102. The highest BCUT2D eigenvalue weighted by molar-refractivity contribution is 7.13. The predicted molar refractivity (Wildman–Crippen MR) is 87.5 cm³/mol. The average Bonchev–Trinajstić information content (AvgIpc) is 3.17. The van der Waals surface area contributed by atoms with Crippen LogP contribution in [0.1, 0.15) is 23.2 Å². The van der Waals surface area contributed by atoms with Crippen molar-refractivity contribution in [1.29, 1.82) is 0 Å². The number of nitrogens with zero attached hydrogens (tertiary/aromatic N) is 4. The molecule has 2 aromatic heterocycles. The zero-order chi connectivity index (χ0) is 15.4. The number of rotatable bonds is 6. The van der Waals surface area contributed by atoms with Crippen LogP contribution in [0.4, 0.5) is 5.13 Å². The van der Waals surface area contributed by atoms with E-state index >= 15 is 0 Å². The number of hydrogen-bond acceptors (Lipinski definition) is 5. The van der Waals surface area contributed by atoms with Crippen molar-refractivity contribution in [2.45, 2.75) is 19.4 Å². The molecule has 114 valence electrons. The summed E-state index contributed by atoms with van der Waals surface area (Å²) in [6.45, 7) is 0.838. The van der Waals surface area contributed by atoms with Gasteiger partial charge in [-0.2, -0.15) is 0 Å². The highest BCUT2D eigenvalue weighted by Crippen LogP contribution is 2.20. The van der Waals surface area contributed by atoms with Gasteiger partial charge in [0.15, 0.2) is 0 Å². The van der Waals surface area contributed by atoms with E-state index < -0.39 is 0 Å². The van der Waals surface area contributed by atoms with E-state index in [4.69, 9.17) is 11.6 Å². The molecule has 1 aromatic carbocycles. The quantitative estimate of drug-likeness (QED) is 0.554. The third kappa shape index (κ3) is 3.10. The number of amides is 1. The summed E-state index contributed by atoms with van der Waals surface area (Å²) in [5.74, 6) is 0.427. The number of carbonyl (C=O) groups is 1. The lowest BCUT2D eigenvalue weighted by Gasteiger charge is -2.05. The molecule has 0 radical (unpaired) electrons. The number of imidazole rings is 1. The van der Waals surface area contributed by atoms with E-state index in [-0.39, 0.29) is 5.91 Å². The number of alkyl halides is 1. The standard InChI is InChI=1S/C14H14ClN5OS/c15-6-1-2-7-20-8-16-12-10(4-3-5-11(12)20)13(21)18-14-19-17-9-22-14/h3-5,8-9H,1-2,6-7H2,(H,18,19,21). The van der Waals surface area contributed by atoms with Gasteiger partial charge in [0.1, 0.15) is 11.0 Å². The Morgan fingerprint density at radius 2 is 2.27 bits per heavy atom. The van der Waals surface area contributed by atoms with Gasteiger partial charge in [0, 0.05) is 12.4 Å². The van der Waals surface area contributed by atoms with Crippen LogP contribution in [0.25, 0.3) is 11.0 Å². The minimum atomic E-state index is -0.228. The van der Waals surface area contributed by atoms with Gasteiger partial charge in [0.25, 0.3) is 5.91 Å².